The first-order chi connectivity index (χ1) is 8.25. The van der Waals surface area contributed by atoms with Gasteiger partial charge in [-0.05, 0) is 13.0 Å². The largest absolute Gasteiger partial charge is 0.227 e. The third-order valence-electron chi connectivity index (χ3n) is 2.70. The van der Waals surface area contributed by atoms with Crippen molar-refractivity contribution in [3.8, 4) is 11.3 Å². The summed E-state index contributed by atoms with van der Waals surface area (Å²) in [5.74, 6) is 0. The van der Waals surface area contributed by atoms with Gasteiger partial charge in [-0.1, -0.05) is 30.3 Å². The molecule has 0 fully saturated rings. The van der Waals surface area contributed by atoms with E-state index in [1.165, 1.54) is 0 Å². The van der Waals surface area contributed by atoms with Gasteiger partial charge in [0.25, 0.3) is 0 Å². The Morgan fingerprint density at radius 2 is 1.94 bits per heavy atom. The zero-order chi connectivity index (χ0) is 11.8. The Morgan fingerprint density at radius 1 is 1.18 bits per heavy atom. The van der Waals surface area contributed by atoms with Crippen LogP contribution in [0.1, 0.15) is 5.69 Å². The molecule has 0 saturated carbocycles. The lowest BCUT2D eigenvalue weighted by Gasteiger charge is -2.04. The second-order valence-electron chi connectivity index (χ2n) is 3.91. The first-order valence-electron chi connectivity index (χ1n) is 5.35. The predicted molar refractivity (Wildman–Crippen MR) is 70.4 cm³/mol. The van der Waals surface area contributed by atoms with Gasteiger partial charge in [-0.15, -0.1) is 12.6 Å². The first kappa shape index (κ1) is 10.4. The van der Waals surface area contributed by atoms with Crippen LogP contribution in [-0.4, -0.2) is 14.6 Å². The van der Waals surface area contributed by atoms with Crippen LogP contribution in [0.2, 0.25) is 0 Å². The summed E-state index contributed by atoms with van der Waals surface area (Å²) in [5.41, 5.74) is 3.90. The van der Waals surface area contributed by atoms with Crippen molar-refractivity contribution in [1.82, 2.24) is 14.6 Å². The number of thiol groups is 1. The van der Waals surface area contributed by atoms with Gasteiger partial charge in [0.2, 0.25) is 0 Å². The lowest BCUT2D eigenvalue weighted by atomic mass is 10.1. The molecule has 0 atom stereocenters. The van der Waals surface area contributed by atoms with Gasteiger partial charge in [0.1, 0.15) is 0 Å². The molecule has 3 nitrogen and oxygen atoms in total. The Balaban J connectivity index is 2.28. The molecule has 0 unspecified atom stereocenters. The van der Waals surface area contributed by atoms with E-state index in [0.29, 0.717) is 0 Å². The normalized spacial score (nSPS) is 10.9. The number of aromatic nitrogens is 3. The summed E-state index contributed by atoms with van der Waals surface area (Å²) >= 11 is 4.36. The van der Waals surface area contributed by atoms with Gasteiger partial charge in [0, 0.05) is 11.3 Å². The highest BCUT2D eigenvalue weighted by Gasteiger charge is 2.07. The summed E-state index contributed by atoms with van der Waals surface area (Å²) in [6.45, 7) is 2.02. The van der Waals surface area contributed by atoms with Crippen LogP contribution in [0.15, 0.2) is 47.5 Å². The standard InChI is InChI=1S/C13H11N3S/c1-9-7-11(10-5-3-2-4-6-10)15-13-12(17)8-14-16(9)13/h2-8,17H,1H3. The summed E-state index contributed by atoms with van der Waals surface area (Å²) in [6.07, 6.45) is 1.72. The molecule has 0 saturated heterocycles. The maximum Gasteiger partial charge on any atom is 0.169 e. The molecular formula is C13H11N3S. The highest BCUT2D eigenvalue weighted by atomic mass is 32.1. The zero-order valence-electron chi connectivity index (χ0n) is 9.33. The minimum atomic E-state index is 0.797. The van der Waals surface area contributed by atoms with Crippen molar-refractivity contribution in [2.24, 2.45) is 0 Å². The van der Waals surface area contributed by atoms with Crippen LogP contribution >= 0.6 is 12.6 Å². The Hall–Kier alpha value is -1.81. The van der Waals surface area contributed by atoms with Crippen LogP contribution in [0.3, 0.4) is 0 Å². The first-order valence-corrected chi connectivity index (χ1v) is 5.80. The van der Waals surface area contributed by atoms with E-state index in [1.807, 2.05) is 43.3 Å². The molecule has 0 aliphatic rings. The molecular weight excluding hydrogens is 230 g/mol. The second-order valence-corrected chi connectivity index (χ2v) is 4.40. The summed E-state index contributed by atoms with van der Waals surface area (Å²) < 4.78 is 1.80. The summed E-state index contributed by atoms with van der Waals surface area (Å²) in [6, 6.07) is 12.1. The van der Waals surface area contributed by atoms with E-state index in [9.17, 15) is 0 Å². The summed E-state index contributed by atoms with van der Waals surface area (Å²) in [4.78, 5) is 5.39. The van der Waals surface area contributed by atoms with Crippen LogP contribution < -0.4 is 0 Å². The lowest BCUT2D eigenvalue weighted by Crippen LogP contribution is -1.97. The van der Waals surface area contributed by atoms with Gasteiger partial charge in [0.05, 0.1) is 16.8 Å². The van der Waals surface area contributed by atoms with Crippen LogP contribution in [-0.2, 0) is 0 Å². The number of rotatable bonds is 1. The van der Waals surface area contributed by atoms with E-state index >= 15 is 0 Å². The second kappa shape index (κ2) is 3.89. The molecule has 0 radical (unpaired) electrons. The fourth-order valence-electron chi connectivity index (χ4n) is 1.86. The van der Waals surface area contributed by atoms with Gasteiger partial charge in [0.15, 0.2) is 5.65 Å². The third kappa shape index (κ3) is 1.70. The Morgan fingerprint density at radius 3 is 2.71 bits per heavy atom. The number of fused-ring (bicyclic) bond motifs is 1. The Kier molecular flexibility index (Phi) is 2.37. The van der Waals surface area contributed by atoms with E-state index < -0.39 is 0 Å². The van der Waals surface area contributed by atoms with Crippen molar-refractivity contribution in [2.75, 3.05) is 0 Å². The van der Waals surface area contributed by atoms with Crippen molar-refractivity contribution < 1.29 is 0 Å². The quantitative estimate of drug-likeness (QED) is 0.664. The fourth-order valence-corrected chi connectivity index (χ4v) is 2.05. The SMILES string of the molecule is Cc1cc(-c2ccccc2)nc2c(S)cnn12. The number of hydrogen-bond acceptors (Lipinski definition) is 3. The Bertz CT molecular complexity index is 674. The van der Waals surface area contributed by atoms with Gasteiger partial charge in [-0.2, -0.15) is 5.10 Å². The van der Waals surface area contributed by atoms with E-state index in [-0.39, 0.29) is 0 Å². The van der Waals surface area contributed by atoms with Crippen LogP contribution in [0.5, 0.6) is 0 Å². The van der Waals surface area contributed by atoms with Crippen LogP contribution in [0.4, 0.5) is 0 Å². The molecule has 0 spiro atoms. The minimum Gasteiger partial charge on any atom is -0.227 e. The van der Waals surface area contributed by atoms with E-state index in [1.54, 1.807) is 10.7 Å². The van der Waals surface area contributed by atoms with E-state index in [4.69, 9.17) is 0 Å². The molecule has 0 aliphatic carbocycles. The van der Waals surface area contributed by atoms with Crippen molar-refractivity contribution in [3.63, 3.8) is 0 Å². The Labute approximate surface area is 105 Å². The topological polar surface area (TPSA) is 30.2 Å². The van der Waals surface area contributed by atoms with E-state index in [2.05, 4.69) is 22.7 Å². The van der Waals surface area contributed by atoms with Crippen LogP contribution in [0, 0.1) is 6.92 Å². The lowest BCUT2D eigenvalue weighted by molar-refractivity contribution is 0.896. The van der Waals surface area contributed by atoms with Crippen molar-refractivity contribution in [3.05, 3.63) is 48.3 Å². The number of aryl methyl sites for hydroxylation is 1. The average Bonchev–Trinajstić information content (AvgIpc) is 2.73. The van der Waals surface area contributed by atoms with Crippen molar-refractivity contribution in [1.29, 1.82) is 0 Å². The maximum atomic E-state index is 4.59. The number of nitrogens with zero attached hydrogens (tertiary/aromatic N) is 3. The van der Waals surface area contributed by atoms with Crippen molar-refractivity contribution >= 4 is 18.3 Å². The molecule has 3 aromatic rings. The van der Waals surface area contributed by atoms with Gasteiger partial charge in [-0.25, -0.2) is 9.50 Å². The maximum absolute atomic E-state index is 4.59. The molecule has 3 rings (SSSR count). The van der Waals surface area contributed by atoms with E-state index in [0.717, 1.165) is 27.5 Å². The minimum absolute atomic E-state index is 0.797. The van der Waals surface area contributed by atoms with Gasteiger partial charge >= 0.3 is 0 Å². The predicted octanol–water partition coefficient (Wildman–Crippen LogP) is 2.99. The van der Waals surface area contributed by atoms with Crippen LogP contribution in [0.25, 0.3) is 16.9 Å². The molecule has 4 heteroatoms. The van der Waals surface area contributed by atoms with Gasteiger partial charge < -0.3 is 0 Å². The molecule has 84 valence electrons. The highest BCUT2D eigenvalue weighted by molar-refractivity contribution is 7.80. The molecule has 0 N–H and O–H groups in total. The number of benzene rings is 1. The molecule has 1 aromatic carbocycles. The molecule has 2 aromatic heterocycles. The molecule has 0 amide bonds. The number of hydrogen-bond donors (Lipinski definition) is 1. The smallest absolute Gasteiger partial charge is 0.169 e. The van der Waals surface area contributed by atoms with Crippen molar-refractivity contribution in [2.45, 2.75) is 11.8 Å². The average molecular weight is 241 g/mol. The zero-order valence-corrected chi connectivity index (χ0v) is 10.2. The highest BCUT2D eigenvalue weighted by Crippen LogP contribution is 2.21. The molecule has 0 bridgehead atoms. The third-order valence-corrected chi connectivity index (χ3v) is 3.02. The fraction of sp³-hybridized carbons (Fsp3) is 0.0769. The molecule has 2 heterocycles. The summed E-state index contributed by atoms with van der Waals surface area (Å²) in [7, 11) is 0. The monoisotopic (exact) mass is 241 g/mol. The molecule has 17 heavy (non-hydrogen) atoms. The summed E-state index contributed by atoms with van der Waals surface area (Å²) in [5, 5.41) is 4.23. The van der Waals surface area contributed by atoms with Gasteiger partial charge in [-0.3, -0.25) is 0 Å². The molecule has 0 aliphatic heterocycles.